The first-order valence-electron chi connectivity index (χ1n) is 9.50. The molecule has 0 aromatic carbocycles. The highest BCUT2D eigenvalue weighted by Gasteiger charge is 2.54. The van der Waals surface area contributed by atoms with E-state index in [4.69, 9.17) is 0 Å². The van der Waals surface area contributed by atoms with Gasteiger partial charge in [0, 0.05) is 16.5 Å². The van der Waals surface area contributed by atoms with Gasteiger partial charge < -0.3 is 10.6 Å². The molecule has 1 aromatic heterocycles. The molecule has 7 heteroatoms. The molecule has 140 valence electrons. The number of amides is 4. The second kappa shape index (κ2) is 6.68. The molecular weight excluding hydrogens is 350 g/mol. The summed E-state index contributed by atoms with van der Waals surface area (Å²) in [6.07, 6.45) is 6.55. The molecule has 4 rings (SSSR count). The highest BCUT2D eigenvalue weighted by molar-refractivity contribution is 7.10. The zero-order valence-corrected chi connectivity index (χ0v) is 15.9. The molecule has 1 aromatic rings. The van der Waals surface area contributed by atoms with Crippen LogP contribution in [0.2, 0.25) is 0 Å². The third-order valence-electron chi connectivity index (χ3n) is 6.02. The number of aryl methyl sites for hydroxylation is 1. The Kier molecular flexibility index (Phi) is 4.50. The predicted octanol–water partition coefficient (Wildman–Crippen LogP) is 2.53. The van der Waals surface area contributed by atoms with Crippen molar-refractivity contribution < 1.29 is 14.4 Å². The summed E-state index contributed by atoms with van der Waals surface area (Å²) in [5.41, 5.74) is -0.0538. The maximum atomic E-state index is 13.1. The van der Waals surface area contributed by atoms with Gasteiger partial charge in [0.25, 0.3) is 5.91 Å². The minimum absolute atomic E-state index is 0.159. The van der Waals surface area contributed by atoms with Crippen LogP contribution in [0.1, 0.15) is 55.9 Å². The van der Waals surface area contributed by atoms with E-state index in [1.807, 2.05) is 11.4 Å². The molecule has 2 fully saturated rings. The highest BCUT2D eigenvalue weighted by Crippen LogP contribution is 2.42. The zero-order chi connectivity index (χ0) is 18.3. The van der Waals surface area contributed by atoms with Crippen LogP contribution in [0.3, 0.4) is 0 Å². The van der Waals surface area contributed by atoms with Crippen molar-refractivity contribution in [2.45, 2.75) is 63.5 Å². The van der Waals surface area contributed by atoms with E-state index in [1.54, 1.807) is 11.3 Å². The quantitative estimate of drug-likeness (QED) is 0.797. The second-order valence-electron chi connectivity index (χ2n) is 7.86. The van der Waals surface area contributed by atoms with Crippen LogP contribution in [0.15, 0.2) is 11.4 Å². The van der Waals surface area contributed by atoms with E-state index in [1.165, 1.54) is 0 Å². The van der Waals surface area contributed by atoms with Crippen molar-refractivity contribution in [3.8, 4) is 0 Å². The van der Waals surface area contributed by atoms with Crippen LogP contribution in [0.5, 0.6) is 0 Å². The Morgan fingerprint density at radius 3 is 2.88 bits per heavy atom. The topological polar surface area (TPSA) is 78.5 Å². The molecular formula is C19H25N3O3S. The minimum Gasteiger partial charge on any atom is -0.352 e. The van der Waals surface area contributed by atoms with Gasteiger partial charge in [-0.15, -0.1) is 11.3 Å². The molecule has 4 amide bonds. The summed E-state index contributed by atoms with van der Waals surface area (Å²) in [6, 6.07) is 1.64. The molecule has 6 nitrogen and oxygen atoms in total. The first kappa shape index (κ1) is 17.5. The number of thiophene rings is 1. The third kappa shape index (κ3) is 2.92. The van der Waals surface area contributed by atoms with Crippen molar-refractivity contribution in [2.24, 2.45) is 5.92 Å². The van der Waals surface area contributed by atoms with Gasteiger partial charge in [0.15, 0.2) is 0 Å². The van der Waals surface area contributed by atoms with Crippen LogP contribution >= 0.6 is 11.3 Å². The number of rotatable bonds is 3. The van der Waals surface area contributed by atoms with Crippen LogP contribution in [0.25, 0.3) is 0 Å². The number of fused-ring (bicyclic) bond motifs is 2. The molecule has 1 saturated heterocycles. The number of nitrogens with one attached hydrogen (secondary N) is 2. The fourth-order valence-electron chi connectivity index (χ4n) is 4.51. The van der Waals surface area contributed by atoms with Crippen molar-refractivity contribution in [1.82, 2.24) is 15.5 Å². The van der Waals surface area contributed by atoms with E-state index in [9.17, 15) is 14.4 Å². The van der Waals surface area contributed by atoms with Crippen molar-refractivity contribution in [3.63, 3.8) is 0 Å². The number of urea groups is 1. The first-order chi connectivity index (χ1) is 12.5. The van der Waals surface area contributed by atoms with Gasteiger partial charge in [-0.05, 0) is 62.3 Å². The second-order valence-corrected chi connectivity index (χ2v) is 8.86. The smallest absolute Gasteiger partial charge is 0.325 e. The molecule has 3 aliphatic rings. The number of carbonyl (C=O) groups excluding carboxylic acids is 3. The average molecular weight is 375 g/mol. The van der Waals surface area contributed by atoms with Gasteiger partial charge >= 0.3 is 6.03 Å². The van der Waals surface area contributed by atoms with E-state index in [0.717, 1.165) is 53.9 Å². The van der Waals surface area contributed by atoms with Crippen molar-refractivity contribution in [1.29, 1.82) is 0 Å². The molecule has 1 aliphatic heterocycles. The van der Waals surface area contributed by atoms with Crippen molar-refractivity contribution in [3.05, 3.63) is 21.9 Å². The number of hydrogen-bond acceptors (Lipinski definition) is 4. The lowest BCUT2D eigenvalue weighted by Gasteiger charge is -2.31. The molecule has 2 heterocycles. The summed E-state index contributed by atoms with van der Waals surface area (Å²) < 4.78 is 0. The van der Waals surface area contributed by atoms with E-state index >= 15 is 0 Å². The maximum Gasteiger partial charge on any atom is 0.325 e. The van der Waals surface area contributed by atoms with Crippen LogP contribution < -0.4 is 10.6 Å². The van der Waals surface area contributed by atoms with Crippen LogP contribution in [0.4, 0.5) is 4.79 Å². The van der Waals surface area contributed by atoms with Gasteiger partial charge in [0.2, 0.25) is 5.91 Å². The maximum absolute atomic E-state index is 13.1. The minimum atomic E-state index is -0.967. The largest absolute Gasteiger partial charge is 0.352 e. The Morgan fingerprint density at radius 1 is 1.35 bits per heavy atom. The molecule has 2 N–H and O–H groups in total. The Morgan fingerprint density at radius 2 is 2.12 bits per heavy atom. The normalized spacial score (nSPS) is 31.0. The fourth-order valence-corrected chi connectivity index (χ4v) is 5.51. The van der Waals surface area contributed by atoms with Crippen LogP contribution in [-0.2, 0) is 21.5 Å². The standard InChI is InChI=1S/C19H25N3O3S/c1-12-4-6-13(7-5-12)20-16(23)11-22-17(24)19(21-18(22)25)9-2-3-15-14(19)8-10-26-15/h8,10,12-13H,2-7,9,11H2,1H3,(H,20,23)(H,21,25). The summed E-state index contributed by atoms with van der Waals surface area (Å²) in [5.74, 6) is 0.181. The monoisotopic (exact) mass is 375 g/mol. The predicted molar refractivity (Wildman–Crippen MR) is 98.7 cm³/mol. The van der Waals surface area contributed by atoms with E-state index in [-0.39, 0.29) is 24.4 Å². The number of carbonyl (C=O) groups is 3. The van der Waals surface area contributed by atoms with Gasteiger partial charge in [-0.2, -0.15) is 0 Å². The van der Waals surface area contributed by atoms with Crippen LogP contribution in [-0.4, -0.2) is 35.3 Å². The summed E-state index contributed by atoms with van der Waals surface area (Å²) in [7, 11) is 0. The number of imide groups is 1. The molecule has 0 bridgehead atoms. The van der Waals surface area contributed by atoms with Gasteiger partial charge in [-0.25, -0.2) is 4.79 Å². The summed E-state index contributed by atoms with van der Waals surface area (Å²) >= 11 is 1.63. The lowest BCUT2D eigenvalue weighted by atomic mass is 9.80. The Labute approximate surface area is 157 Å². The number of hydrogen-bond donors (Lipinski definition) is 2. The van der Waals surface area contributed by atoms with Gasteiger partial charge in [0.05, 0.1) is 0 Å². The molecule has 1 saturated carbocycles. The SMILES string of the molecule is CC1CCC(NC(=O)CN2C(=O)NC3(CCCc4sccc43)C2=O)CC1. The average Bonchev–Trinajstić information content (AvgIpc) is 3.18. The van der Waals surface area contributed by atoms with Gasteiger partial charge in [-0.3, -0.25) is 14.5 Å². The molecule has 1 unspecified atom stereocenters. The molecule has 0 radical (unpaired) electrons. The zero-order valence-electron chi connectivity index (χ0n) is 15.0. The lowest BCUT2D eigenvalue weighted by Crippen LogP contribution is -2.47. The summed E-state index contributed by atoms with van der Waals surface area (Å²) in [4.78, 5) is 40.2. The van der Waals surface area contributed by atoms with E-state index in [2.05, 4.69) is 17.6 Å². The molecule has 2 aliphatic carbocycles. The van der Waals surface area contributed by atoms with Gasteiger partial charge in [0.1, 0.15) is 12.1 Å². The highest BCUT2D eigenvalue weighted by atomic mass is 32.1. The van der Waals surface area contributed by atoms with E-state index < -0.39 is 11.6 Å². The molecule has 1 atom stereocenters. The Bertz CT molecular complexity index is 738. The number of nitrogens with zero attached hydrogens (tertiary/aromatic N) is 1. The van der Waals surface area contributed by atoms with Gasteiger partial charge in [-0.1, -0.05) is 6.92 Å². The molecule has 1 spiro atoms. The van der Waals surface area contributed by atoms with Crippen molar-refractivity contribution >= 4 is 29.2 Å². The van der Waals surface area contributed by atoms with E-state index in [0.29, 0.717) is 12.3 Å². The summed E-state index contributed by atoms with van der Waals surface area (Å²) in [6.45, 7) is 2.03. The molecule has 26 heavy (non-hydrogen) atoms. The lowest BCUT2D eigenvalue weighted by molar-refractivity contribution is -0.135. The summed E-state index contributed by atoms with van der Waals surface area (Å²) in [5, 5.41) is 7.86. The van der Waals surface area contributed by atoms with Crippen molar-refractivity contribution in [2.75, 3.05) is 6.54 Å². The first-order valence-corrected chi connectivity index (χ1v) is 10.4. The fraction of sp³-hybridized carbons (Fsp3) is 0.632. The van der Waals surface area contributed by atoms with Crippen LogP contribution in [0, 0.1) is 5.92 Å². The Balaban J connectivity index is 1.45. The third-order valence-corrected chi connectivity index (χ3v) is 7.00. The Hall–Kier alpha value is -1.89.